The van der Waals surface area contributed by atoms with Crippen LogP contribution in [-0.2, 0) is 95.2 Å². The van der Waals surface area contributed by atoms with Crippen LogP contribution in [0.2, 0.25) is 0 Å². The number of imidazole rings is 4. The van der Waals surface area contributed by atoms with E-state index in [1.165, 1.54) is 51.4 Å². The van der Waals surface area contributed by atoms with Crippen LogP contribution >= 0.6 is 0 Å². The van der Waals surface area contributed by atoms with Gasteiger partial charge in [0.25, 0.3) is 0 Å². The van der Waals surface area contributed by atoms with Gasteiger partial charge in [0, 0.05) is 33.6 Å². The monoisotopic (exact) mass is 842 g/mol. The van der Waals surface area contributed by atoms with Crippen molar-refractivity contribution in [2.24, 2.45) is 0 Å². The number of aryl methyl sites for hydroxylation is 8. The summed E-state index contributed by atoms with van der Waals surface area (Å²) >= 11 is 0. The molecule has 4 heterocycles. The van der Waals surface area contributed by atoms with Crippen LogP contribution in [0, 0.1) is 48.4 Å². The molecule has 4 rings (SSSR count). The Balaban J connectivity index is -0.000000132. The molecule has 0 aliphatic heterocycles. The predicted octanol–water partition coefficient (Wildman–Crippen LogP) is 4.61. The molecule has 0 bridgehead atoms. The van der Waals surface area contributed by atoms with E-state index in [1.54, 1.807) is 0 Å². The van der Waals surface area contributed by atoms with E-state index in [1.807, 2.05) is 0 Å². The second kappa shape index (κ2) is 49.5. The van der Waals surface area contributed by atoms with E-state index < -0.39 is 0 Å². The van der Waals surface area contributed by atoms with E-state index in [0.29, 0.717) is 0 Å². The normalized spacial score (nSPS) is 8.67. The summed E-state index contributed by atoms with van der Waals surface area (Å²) in [7, 11) is 0. The van der Waals surface area contributed by atoms with Crippen molar-refractivity contribution in [2.75, 3.05) is 0 Å². The minimum atomic E-state index is 0. The number of hydrogen-bond acceptors (Lipinski definition) is 2. The molecule has 14 nitrogen and oxygen atoms in total. The maximum absolute atomic E-state index is 7.50. The Kier molecular flexibility index (Phi) is 57.3. The molecule has 0 amide bonds. The molecule has 0 spiro atoms. The Hall–Kier alpha value is -3.47. The maximum Gasteiger partial charge on any atom is 0.120 e. The predicted molar refractivity (Wildman–Crippen MR) is 195 cm³/mol. The van der Waals surface area contributed by atoms with Crippen molar-refractivity contribution in [3.05, 3.63) is 98.0 Å². The van der Waals surface area contributed by atoms with Crippen molar-refractivity contribution < 1.29 is 61.1 Å². The van der Waals surface area contributed by atoms with Gasteiger partial charge < -0.3 is 36.5 Å². The number of hydrogen-bond donors (Lipinski definition) is 0. The Morgan fingerprint density at radius 1 is 0.407 bits per heavy atom. The summed E-state index contributed by atoms with van der Waals surface area (Å²) < 4.78 is 31.9. The van der Waals surface area contributed by atoms with E-state index in [9.17, 15) is 0 Å². The molecule has 0 atom stereocenters. The van der Waals surface area contributed by atoms with Crippen LogP contribution < -0.4 is 29.5 Å². The van der Waals surface area contributed by atoms with Crippen molar-refractivity contribution in [1.29, 1.82) is 0 Å². The summed E-state index contributed by atoms with van der Waals surface area (Å²) in [5.74, 6) is 0. The number of aromatic nitrogens is 8. The van der Waals surface area contributed by atoms with Gasteiger partial charge in [-0.25, -0.2) is 0 Å². The molecule has 0 saturated heterocycles. The molecular weight excluding hydrogens is 778 g/mol. The smallest absolute Gasteiger partial charge is 0.120 e. The quantitative estimate of drug-likeness (QED) is 0.0920. The third-order valence-corrected chi connectivity index (χ3v) is 6.45. The summed E-state index contributed by atoms with van der Waals surface area (Å²) in [4.78, 5) is 14.5. The number of nitrogens with zero attached hydrogens (tertiary/aromatic N) is 10. The number of nitroso groups, excluding NO2 is 2. The van der Waals surface area contributed by atoms with Gasteiger partial charge in [-0.3, -0.25) is 0 Å². The van der Waals surface area contributed by atoms with Gasteiger partial charge in [-0.05, 0) is 101 Å². The minimum absolute atomic E-state index is 0. The van der Waals surface area contributed by atoms with Crippen LogP contribution in [0.15, 0.2) is 49.6 Å². The molecule has 0 N–H and O–H groups in total. The summed E-state index contributed by atoms with van der Waals surface area (Å²) in [5, 5.41) is 0. The zero-order valence-electron chi connectivity index (χ0n) is 33.7. The zero-order chi connectivity index (χ0) is 40.4. The van der Waals surface area contributed by atoms with Crippen molar-refractivity contribution in [3.63, 3.8) is 0 Å². The molecule has 16 heteroatoms. The van der Waals surface area contributed by atoms with Crippen LogP contribution in [-0.4, -0.2) is 18.3 Å². The van der Waals surface area contributed by atoms with Crippen molar-refractivity contribution in [3.8, 4) is 0 Å². The van der Waals surface area contributed by atoms with E-state index in [0.717, 1.165) is 52.4 Å². The average Bonchev–Trinajstić information content (AvgIpc) is 4.01. The first-order valence-electron chi connectivity index (χ1n) is 18.1. The summed E-state index contributed by atoms with van der Waals surface area (Å²) in [6, 6.07) is 0. The maximum atomic E-state index is 7.50. The Labute approximate surface area is 346 Å². The van der Waals surface area contributed by atoms with E-state index >= 15 is 0 Å². The molecule has 0 aromatic carbocycles. The molecule has 0 fully saturated rings. The third kappa shape index (κ3) is 34.3. The topological polar surface area (TPSA) is 154 Å². The minimum Gasteiger partial charge on any atom is -0.120 e. The molecular formula is C38H64Co2N10O4. The molecule has 0 aliphatic rings. The van der Waals surface area contributed by atoms with Gasteiger partial charge in [0.1, 0.15) is 11.2 Å². The average molecular weight is 843 g/mol. The summed E-state index contributed by atoms with van der Waals surface area (Å²) in [6.07, 6.45) is 39.1. The van der Waals surface area contributed by atoms with Gasteiger partial charge in [0.05, 0.1) is 52.4 Å². The van der Waals surface area contributed by atoms with Gasteiger partial charge in [-0.15, -0.1) is 9.81 Å². The summed E-state index contributed by atoms with van der Waals surface area (Å²) in [5.41, 5.74) is 11.5. The molecule has 4 aromatic heterocycles. The van der Waals surface area contributed by atoms with Gasteiger partial charge in [0.15, 0.2) is 0 Å². The zero-order valence-corrected chi connectivity index (χ0v) is 35.8. The van der Waals surface area contributed by atoms with Crippen LogP contribution in [0.1, 0.15) is 107 Å². The van der Waals surface area contributed by atoms with Crippen molar-refractivity contribution >= 4 is 0 Å². The Morgan fingerprint density at radius 2 is 0.574 bits per heavy atom. The van der Waals surface area contributed by atoms with Gasteiger partial charge in [-0.1, -0.05) is 55.4 Å². The fourth-order valence-corrected chi connectivity index (χ4v) is 4.49. The van der Waals surface area contributed by atoms with E-state index in [-0.39, 0.29) is 33.6 Å². The van der Waals surface area contributed by atoms with E-state index in [4.69, 9.17) is 30.3 Å². The van der Waals surface area contributed by atoms with Crippen LogP contribution in [0.5, 0.6) is 0 Å². The molecule has 4 radical (unpaired) electrons. The third-order valence-electron chi connectivity index (χ3n) is 6.45. The largest absolute Gasteiger partial charge is 0.120 e. The van der Waals surface area contributed by atoms with Gasteiger partial charge >= 0.3 is 22.6 Å². The first-order valence-corrected chi connectivity index (χ1v) is 18.1. The standard InChI is InChI=1S/4C9H16N2.2CO.2Co.2NO/c4*1-3-5-10-7-8-11(9-10)6-4-2;2*1-2;;;2*1-2/h4*7-8H,3-6H2,1-2H3;;;;;;. The van der Waals surface area contributed by atoms with E-state index in [2.05, 4.69) is 180 Å². The molecule has 0 unspecified atom stereocenters. The van der Waals surface area contributed by atoms with Crippen LogP contribution in [0.3, 0.4) is 0 Å². The second-order valence-corrected chi connectivity index (χ2v) is 11.1. The fourth-order valence-electron chi connectivity index (χ4n) is 4.49. The molecule has 0 aliphatic carbocycles. The van der Waals surface area contributed by atoms with Crippen LogP contribution in [0.25, 0.3) is 0 Å². The number of rotatable bonds is 16. The molecule has 4 aromatic rings. The summed E-state index contributed by atoms with van der Waals surface area (Å²) in [6.45, 7) is 35.1. The van der Waals surface area contributed by atoms with Crippen LogP contribution in [0.4, 0.5) is 0 Å². The molecule has 54 heavy (non-hydrogen) atoms. The second-order valence-electron chi connectivity index (χ2n) is 11.1. The molecule has 0 saturated carbocycles. The van der Waals surface area contributed by atoms with Gasteiger partial charge in [0.2, 0.25) is 25.3 Å². The molecule has 308 valence electrons. The first kappa shape index (κ1) is 62.5. The SMILES string of the molecule is CCCn1[c-][n+](CCC)cc1.CCCn1[c-][n+](CCC)cc1.CCCn1[c-][n+](CCC)cc1.CCCn1[c-][n+](CCC)cc1.[C-]#[O+].[C-]#[O+].[Co].[Co].[N]=O.[N]=O. The Bertz CT molecular complexity index is 1060. The van der Waals surface area contributed by atoms with Gasteiger partial charge in [-0.2, -0.15) is 0 Å². The fraction of sp³-hybridized carbons (Fsp3) is 0.632. The van der Waals surface area contributed by atoms with Crippen molar-refractivity contribution in [1.82, 2.24) is 29.5 Å². The first-order chi connectivity index (χ1) is 25.5. The Morgan fingerprint density at radius 3 is 0.704 bits per heavy atom. The van der Waals surface area contributed by atoms with Crippen molar-refractivity contribution in [2.45, 2.75) is 159 Å².